The summed E-state index contributed by atoms with van der Waals surface area (Å²) < 4.78 is 5.59. The first-order chi connectivity index (χ1) is 10.1. The molecule has 2 heterocycles. The van der Waals surface area contributed by atoms with Crippen molar-refractivity contribution in [3.63, 3.8) is 0 Å². The third kappa shape index (κ3) is 2.49. The van der Waals surface area contributed by atoms with Crippen LogP contribution in [0.4, 0.5) is 0 Å². The summed E-state index contributed by atoms with van der Waals surface area (Å²) in [7, 11) is 0. The molecule has 1 fully saturated rings. The van der Waals surface area contributed by atoms with Gasteiger partial charge in [0.1, 0.15) is 6.04 Å². The number of amides is 2. The fourth-order valence-corrected chi connectivity index (χ4v) is 2.77. The predicted molar refractivity (Wildman–Crippen MR) is 79.5 cm³/mol. The van der Waals surface area contributed by atoms with Crippen LogP contribution in [0.3, 0.4) is 0 Å². The number of piperidine rings is 1. The van der Waals surface area contributed by atoms with Crippen LogP contribution < -0.4 is 10.6 Å². The Morgan fingerprint density at radius 3 is 3.00 bits per heavy atom. The Balaban J connectivity index is 1.89. The Morgan fingerprint density at radius 1 is 1.48 bits per heavy atom. The van der Waals surface area contributed by atoms with Gasteiger partial charge in [-0.05, 0) is 25.8 Å². The van der Waals surface area contributed by atoms with E-state index >= 15 is 0 Å². The first kappa shape index (κ1) is 13.9. The summed E-state index contributed by atoms with van der Waals surface area (Å²) in [5.41, 5.74) is 1.22. The Bertz CT molecular complexity index is 723. The van der Waals surface area contributed by atoms with Crippen molar-refractivity contribution in [3.05, 3.63) is 34.5 Å². The number of nitrogens with one attached hydrogen (secondary N) is 2. The van der Waals surface area contributed by atoms with E-state index in [1.165, 1.54) is 0 Å². The van der Waals surface area contributed by atoms with Gasteiger partial charge in [0.15, 0.2) is 11.3 Å². The van der Waals surface area contributed by atoms with E-state index in [1.54, 1.807) is 13.0 Å². The maximum absolute atomic E-state index is 12.3. The van der Waals surface area contributed by atoms with Gasteiger partial charge in [-0.3, -0.25) is 9.59 Å². The van der Waals surface area contributed by atoms with Crippen molar-refractivity contribution >= 4 is 34.4 Å². The minimum absolute atomic E-state index is 0.151. The van der Waals surface area contributed by atoms with Gasteiger partial charge in [-0.15, -0.1) is 0 Å². The molecule has 1 aliphatic rings. The lowest BCUT2D eigenvalue weighted by Gasteiger charge is -2.22. The number of benzene rings is 1. The van der Waals surface area contributed by atoms with Crippen LogP contribution in [0.1, 0.15) is 29.0 Å². The van der Waals surface area contributed by atoms with Gasteiger partial charge in [0.05, 0.1) is 5.02 Å². The van der Waals surface area contributed by atoms with Gasteiger partial charge in [0.2, 0.25) is 5.91 Å². The zero-order valence-electron chi connectivity index (χ0n) is 11.5. The lowest BCUT2D eigenvalue weighted by molar-refractivity contribution is -0.124. The lowest BCUT2D eigenvalue weighted by Crippen LogP contribution is -2.50. The van der Waals surface area contributed by atoms with Crippen molar-refractivity contribution < 1.29 is 14.0 Å². The average molecular weight is 307 g/mol. The zero-order valence-corrected chi connectivity index (χ0v) is 12.3. The quantitative estimate of drug-likeness (QED) is 0.895. The van der Waals surface area contributed by atoms with Crippen molar-refractivity contribution in [1.29, 1.82) is 0 Å². The molecule has 21 heavy (non-hydrogen) atoms. The highest BCUT2D eigenvalue weighted by molar-refractivity contribution is 6.35. The van der Waals surface area contributed by atoms with E-state index in [9.17, 15) is 9.59 Å². The number of hydrogen-bond donors (Lipinski definition) is 2. The third-order valence-corrected chi connectivity index (χ3v) is 4.01. The molecule has 110 valence electrons. The minimum Gasteiger partial charge on any atom is -0.449 e. The molecule has 2 aromatic rings. The summed E-state index contributed by atoms with van der Waals surface area (Å²) in [6.07, 6.45) is 1.49. The summed E-state index contributed by atoms with van der Waals surface area (Å²) in [4.78, 5) is 24.0. The fourth-order valence-electron chi connectivity index (χ4n) is 2.56. The highest BCUT2D eigenvalue weighted by Crippen LogP contribution is 2.30. The van der Waals surface area contributed by atoms with Crippen molar-refractivity contribution in [3.8, 4) is 0 Å². The molecule has 1 aromatic carbocycles. The summed E-state index contributed by atoms with van der Waals surface area (Å²) in [5.74, 6) is -0.334. The number of fused-ring (bicyclic) bond motifs is 1. The zero-order chi connectivity index (χ0) is 15.0. The first-order valence-corrected chi connectivity index (χ1v) is 7.22. The van der Waals surface area contributed by atoms with Crippen LogP contribution in [0.25, 0.3) is 11.0 Å². The molecule has 1 unspecified atom stereocenters. The van der Waals surface area contributed by atoms with Crippen LogP contribution >= 0.6 is 11.6 Å². The summed E-state index contributed by atoms with van der Waals surface area (Å²) in [5, 5.41) is 6.72. The second-order valence-corrected chi connectivity index (χ2v) is 5.54. The summed E-state index contributed by atoms with van der Waals surface area (Å²) in [6, 6.07) is 4.87. The molecule has 0 spiro atoms. The van der Waals surface area contributed by atoms with E-state index in [-0.39, 0.29) is 17.6 Å². The van der Waals surface area contributed by atoms with Crippen molar-refractivity contribution in [2.75, 3.05) is 6.54 Å². The van der Waals surface area contributed by atoms with E-state index < -0.39 is 6.04 Å². The molecule has 1 aliphatic heterocycles. The molecule has 5 nitrogen and oxygen atoms in total. The number of hydrogen-bond acceptors (Lipinski definition) is 3. The van der Waals surface area contributed by atoms with Gasteiger partial charge in [-0.1, -0.05) is 23.7 Å². The molecule has 1 aromatic heterocycles. The number of para-hydroxylation sites is 1. The van der Waals surface area contributed by atoms with Crippen LogP contribution in [0.5, 0.6) is 0 Å². The average Bonchev–Trinajstić information content (AvgIpc) is 2.81. The van der Waals surface area contributed by atoms with Crippen LogP contribution in [-0.4, -0.2) is 24.4 Å². The normalized spacial score (nSPS) is 18.6. The fraction of sp³-hybridized carbons (Fsp3) is 0.333. The maximum Gasteiger partial charge on any atom is 0.287 e. The molecular formula is C15H15ClN2O3. The standard InChI is InChI=1S/C15H15ClN2O3/c1-8-9-4-2-5-10(16)13(9)21-12(8)15(20)18-11-6-3-7-17-14(11)19/h2,4-5,11H,3,6-7H2,1H3,(H,17,19)(H,18,20). The SMILES string of the molecule is Cc1c(C(=O)NC2CCCNC2=O)oc2c(Cl)cccc12. The Kier molecular flexibility index (Phi) is 3.59. The van der Waals surface area contributed by atoms with Gasteiger partial charge in [0, 0.05) is 17.5 Å². The first-order valence-electron chi connectivity index (χ1n) is 6.84. The lowest BCUT2D eigenvalue weighted by atomic mass is 10.1. The van der Waals surface area contributed by atoms with Gasteiger partial charge in [-0.25, -0.2) is 0 Å². The molecule has 1 saturated heterocycles. The monoisotopic (exact) mass is 306 g/mol. The highest BCUT2D eigenvalue weighted by atomic mass is 35.5. The third-order valence-electron chi connectivity index (χ3n) is 3.71. The largest absolute Gasteiger partial charge is 0.449 e. The molecule has 3 rings (SSSR count). The van der Waals surface area contributed by atoms with Crippen LogP contribution in [0.2, 0.25) is 5.02 Å². The number of carbonyl (C=O) groups is 2. The molecule has 0 saturated carbocycles. The highest BCUT2D eigenvalue weighted by Gasteiger charge is 2.26. The number of furan rings is 1. The molecule has 0 bridgehead atoms. The van der Waals surface area contributed by atoms with Crippen LogP contribution in [0.15, 0.2) is 22.6 Å². The van der Waals surface area contributed by atoms with Gasteiger partial charge >= 0.3 is 0 Å². The van der Waals surface area contributed by atoms with Gasteiger partial charge in [0.25, 0.3) is 5.91 Å². The number of halogens is 1. The van der Waals surface area contributed by atoms with E-state index in [0.717, 1.165) is 17.4 Å². The summed E-state index contributed by atoms with van der Waals surface area (Å²) >= 11 is 6.07. The number of rotatable bonds is 2. The molecule has 6 heteroatoms. The van der Waals surface area contributed by atoms with E-state index in [4.69, 9.17) is 16.0 Å². The minimum atomic E-state index is -0.505. The van der Waals surface area contributed by atoms with Gasteiger partial charge in [-0.2, -0.15) is 0 Å². The molecule has 2 N–H and O–H groups in total. The second kappa shape index (κ2) is 5.41. The summed E-state index contributed by atoms with van der Waals surface area (Å²) in [6.45, 7) is 2.46. The molecule has 0 radical (unpaired) electrons. The number of carbonyl (C=O) groups excluding carboxylic acids is 2. The smallest absolute Gasteiger partial charge is 0.287 e. The van der Waals surface area contributed by atoms with E-state index in [2.05, 4.69) is 10.6 Å². The molecular weight excluding hydrogens is 292 g/mol. The Hall–Kier alpha value is -2.01. The Morgan fingerprint density at radius 2 is 2.29 bits per heavy atom. The predicted octanol–water partition coefficient (Wildman–Crippen LogP) is 2.40. The topological polar surface area (TPSA) is 71.3 Å². The van der Waals surface area contributed by atoms with E-state index in [0.29, 0.717) is 23.6 Å². The maximum atomic E-state index is 12.3. The van der Waals surface area contributed by atoms with Crippen molar-refractivity contribution in [2.24, 2.45) is 0 Å². The van der Waals surface area contributed by atoms with Crippen LogP contribution in [-0.2, 0) is 4.79 Å². The molecule has 2 amide bonds. The molecule has 1 atom stereocenters. The Labute approximate surface area is 126 Å². The number of aryl methyl sites for hydroxylation is 1. The van der Waals surface area contributed by atoms with Crippen molar-refractivity contribution in [1.82, 2.24) is 10.6 Å². The van der Waals surface area contributed by atoms with Crippen molar-refractivity contribution in [2.45, 2.75) is 25.8 Å². The second-order valence-electron chi connectivity index (χ2n) is 5.13. The molecule has 0 aliphatic carbocycles. The van der Waals surface area contributed by atoms with Gasteiger partial charge < -0.3 is 15.1 Å². The van der Waals surface area contributed by atoms with E-state index in [1.807, 2.05) is 12.1 Å². The van der Waals surface area contributed by atoms with Crippen LogP contribution in [0, 0.1) is 6.92 Å².